The second-order valence-electron chi connectivity index (χ2n) is 9.49. The van der Waals surface area contributed by atoms with E-state index in [2.05, 4.69) is 6.07 Å². The molecule has 1 fully saturated rings. The molecule has 178 valence electrons. The molecule has 2 aliphatic heterocycles. The van der Waals surface area contributed by atoms with Crippen molar-refractivity contribution in [3.63, 3.8) is 0 Å². The second kappa shape index (κ2) is 9.31. The first-order chi connectivity index (χ1) is 16.4. The molecule has 2 aromatic carbocycles. The van der Waals surface area contributed by atoms with Crippen molar-refractivity contribution in [2.24, 2.45) is 5.92 Å². The number of esters is 1. The molecule has 0 radical (unpaired) electrons. The molecular weight excluding hydrogens is 434 g/mol. The van der Waals surface area contributed by atoms with E-state index in [1.807, 2.05) is 30.1 Å². The molecule has 1 saturated heterocycles. The second-order valence-corrected chi connectivity index (χ2v) is 9.49. The van der Waals surface area contributed by atoms with E-state index in [9.17, 15) is 14.4 Å². The number of hydrogen-bond acceptors (Lipinski definition) is 7. The molecule has 2 heterocycles. The summed E-state index contributed by atoms with van der Waals surface area (Å²) in [6.45, 7) is 1.41. The fourth-order valence-corrected chi connectivity index (χ4v) is 5.35. The van der Waals surface area contributed by atoms with Crippen LogP contribution in [0.25, 0.3) is 11.1 Å². The van der Waals surface area contributed by atoms with Gasteiger partial charge in [0.1, 0.15) is 18.4 Å². The fourth-order valence-electron chi connectivity index (χ4n) is 5.35. The van der Waals surface area contributed by atoms with Gasteiger partial charge in [-0.3, -0.25) is 19.3 Å². The minimum absolute atomic E-state index is 0.173. The molecule has 7 nitrogen and oxygen atoms in total. The van der Waals surface area contributed by atoms with Gasteiger partial charge in [-0.1, -0.05) is 12.1 Å². The molecule has 5 rings (SSSR count). The van der Waals surface area contributed by atoms with Crippen LogP contribution in [0.15, 0.2) is 30.3 Å². The van der Waals surface area contributed by atoms with Gasteiger partial charge in [-0.05, 0) is 67.1 Å². The van der Waals surface area contributed by atoms with Gasteiger partial charge in [0.25, 0.3) is 0 Å². The van der Waals surface area contributed by atoms with E-state index < -0.39 is 0 Å². The van der Waals surface area contributed by atoms with Crippen molar-refractivity contribution in [1.82, 2.24) is 4.90 Å². The van der Waals surface area contributed by atoms with E-state index in [1.165, 1.54) is 0 Å². The third kappa shape index (κ3) is 4.26. The summed E-state index contributed by atoms with van der Waals surface area (Å²) < 4.78 is 16.5. The number of aryl methyl sites for hydroxylation is 1. The van der Waals surface area contributed by atoms with Crippen molar-refractivity contribution in [1.29, 1.82) is 0 Å². The number of rotatable bonds is 6. The van der Waals surface area contributed by atoms with Crippen molar-refractivity contribution in [3.05, 3.63) is 52.6 Å². The van der Waals surface area contributed by atoms with Crippen molar-refractivity contribution in [2.45, 2.75) is 38.3 Å². The zero-order chi connectivity index (χ0) is 23.8. The summed E-state index contributed by atoms with van der Waals surface area (Å²) in [5.74, 6) is 0.556. The maximum Gasteiger partial charge on any atom is 0.323 e. The number of nitrogens with zero attached hydrogens (tertiary/aromatic N) is 1. The Morgan fingerprint density at radius 1 is 1.09 bits per heavy atom. The molecule has 0 amide bonds. The summed E-state index contributed by atoms with van der Waals surface area (Å²) >= 11 is 0. The molecule has 0 N–H and O–H groups in total. The lowest BCUT2D eigenvalue weighted by Gasteiger charge is -2.25. The molecule has 2 atom stereocenters. The predicted molar refractivity (Wildman–Crippen MR) is 125 cm³/mol. The highest BCUT2D eigenvalue weighted by Gasteiger charge is 2.35. The summed E-state index contributed by atoms with van der Waals surface area (Å²) in [5, 5.41) is 0. The number of hydrogen-bond donors (Lipinski definition) is 0. The van der Waals surface area contributed by atoms with E-state index in [0.29, 0.717) is 37.4 Å². The number of Topliss-reactive ketones (excluding diaryl/α,β-unsaturated/α-hetero) is 2. The third-order valence-corrected chi connectivity index (χ3v) is 7.11. The molecule has 34 heavy (non-hydrogen) atoms. The van der Waals surface area contributed by atoms with Gasteiger partial charge in [0.2, 0.25) is 0 Å². The molecule has 3 aliphatic rings. The van der Waals surface area contributed by atoms with Crippen LogP contribution in [-0.4, -0.2) is 62.4 Å². The number of carbonyl (C=O) groups is 3. The molecule has 0 spiro atoms. The standard InChI is InChI=1S/C27H29NO6/c1-28-12-16(13-32-2)8-23(28)27(31)34-15-25(30)18-6-7-20-19(9-18)14-33-26-11-21-17(10-22(20)26)4-3-5-24(21)29/h6-7,9-11,16,23H,3-5,8,12-15H2,1-2H3/t16-,23-/m1/s1. The largest absolute Gasteiger partial charge is 0.488 e. The Morgan fingerprint density at radius 2 is 1.94 bits per heavy atom. The number of likely N-dealkylation sites (tertiary alicyclic amines) is 1. The summed E-state index contributed by atoms with van der Waals surface area (Å²) in [7, 11) is 3.54. The van der Waals surface area contributed by atoms with Crippen molar-refractivity contribution >= 4 is 17.5 Å². The number of ketones is 2. The highest BCUT2D eigenvalue weighted by atomic mass is 16.5. The lowest BCUT2D eigenvalue weighted by molar-refractivity contribution is -0.147. The van der Waals surface area contributed by atoms with Crippen LogP contribution in [0, 0.1) is 5.92 Å². The third-order valence-electron chi connectivity index (χ3n) is 7.11. The SMILES string of the molecule is COC[C@@H]1C[C@H](C(=O)OCC(=O)c2ccc3c(c2)COc2cc4c(cc2-3)CCCC4=O)N(C)C1. The first-order valence-electron chi connectivity index (χ1n) is 11.8. The molecular formula is C27H29NO6. The minimum Gasteiger partial charge on any atom is -0.488 e. The molecule has 0 unspecified atom stereocenters. The first-order valence-corrected chi connectivity index (χ1v) is 11.8. The minimum atomic E-state index is -0.371. The topological polar surface area (TPSA) is 82.1 Å². The van der Waals surface area contributed by atoms with Crippen LogP contribution in [0.2, 0.25) is 0 Å². The first kappa shape index (κ1) is 22.7. The van der Waals surface area contributed by atoms with Gasteiger partial charge in [0.05, 0.1) is 6.61 Å². The zero-order valence-corrected chi connectivity index (χ0v) is 19.6. The summed E-state index contributed by atoms with van der Waals surface area (Å²) in [6.07, 6.45) is 3.01. The fraction of sp³-hybridized carbons (Fsp3) is 0.444. The number of benzene rings is 2. The Bertz CT molecular complexity index is 1160. The van der Waals surface area contributed by atoms with Crippen LogP contribution >= 0.6 is 0 Å². The number of methoxy groups -OCH3 is 1. The highest BCUT2D eigenvalue weighted by Crippen LogP contribution is 2.41. The van der Waals surface area contributed by atoms with Gasteiger partial charge < -0.3 is 14.2 Å². The molecule has 0 bridgehead atoms. The Kier molecular flexibility index (Phi) is 6.23. The number of carbonyl (C=O) groups excluding carboxylic acids is 3. The number of ether oxygens (including phenoxy) is 3. The molecule has 2 aromatic rings. The maximum absolute atomic E-state index is 12.8. The van der Waals surface area contributed by atoms with Gasteiger partial charge in [-0.2, -0.15) is 0 Å². The van der Waals surface area contributed by atoms with Gasteiger partial charge in [0.15, 0.2) is 18.2 Å². The van der Waals surface area contributed by atoms with Crippen LogP contribution in [0.1, 0.15) is 51.1 Å². The van der Waals surface area contributed by atoms with Crippen molar-refractivity contribution < 1.29 is 28.6 Å². The predicted octanol–water partition coefficient (Wildman–Crippen LogP) is 3.46. The maximum atomic E-state index is 12.8. The van der Waals surface area contributed by atoms with E-state index in [4.69, 9.17) is 14.2 Å². The summed E-state index contributed by atoms with van der Waals surface area (Å²) in [5.41, 5.74) is 5.18. The van der Waals surface area contributed by atoms with Gasteiger partial charge in [-0.15, -0.1) is 0 Å². The number of fused-ring (bicyclic) bond motifs is 4. The molecule has 7 heteroatoms. The van der Waals surface area contributed by atoms with Crippen LogP contribution < -0.4 is 4.74 Å². The van der Waals surface area contributed by atoms with Crippen LogP contribution in [0.4, 0.5) is 0 Å². The van der Waals surface area contributed by atoms with Crippen LogP contribution in [0.3, 0.4) is 0 Å². The van der Waals surface area contributed by atoms with E-state index in [0.717, 1.165) is 47.2 Å². The molecule has 1 aliphatic carbocycles. The smallest absolute Gasteiger partial charge is 0.323 e. The van der Waals surface area contributed by atoms with Gasteiger partial charge in [0, 0.05) is 36.8 Å². The van der Waals surface area contributed by atoms with Gasteiger partial charge in [-0.25, -0.2) is 0 Å². The summed E-state index contributed by atoms with van der Waals surface area (Å²) in [6, 6.07) is 9.07. The average Bonchev–Trinajstić information content (AvgIpc) is 3.21. The van der Waals surface area contributed by atoms with Crippen LogP contribution in [-0.2, 0) is 27.3 Å². The Balaban J connectivity index is 1.28. The monoisotopic (exact) mass is 463 g/mol. The van der Waals surface area contributed by atoms with E-state index in [1.54, 1.807) is 13.2 Å². The Labute approximate surface area is 199 Å². The lowest BCUT2D eigenvalue weighted by atomic mass is 9.86. The quantitative estimate of drug-likeness (QED) is 0.479. The van der Waals surface area contributed by atoms with Crippen molar-refractivity contribution in [3.8, 4) is 16.9 Å². The average molecular weight is 464 g/mol. The molecule has 0 aromatic heterocycles. The van der Waals surface area contributed by atoms with Crippen LogP contribution in [0.5, 0.6) is 5.75 Å². The van der Waals surface area contributed by atoms with Crippen molar-refractivity contribution in [2.75, 3.05) is 33.9 Å². The highest BCUT2D eigenvalue weighted by molar-refractivity contribution is 6.01. The lowest BCUT2D eigenvalue weighted by Crippen LogP contribution is -2.35. The van der Waals surface area contributed by atoms with Gasteiger partial charge >= 0.3 is 5.97 Å². The van der Waals surface area contributed by atoms with E-state index in [-0.39, 0.29) is 36.1 Å². The number of likely N-dealkylation sites (N-methyl/N-ethyl adjacent to an activating group) is 1. The Morgan fingerprint density at radius 3 is 2.76 bits per heavy atom. The zero-order valence-electron chi connectivity index (χ0n) is 19.6. The summed E-state index contributed by atoms with van der Waals surface area (Å²) in [4.78, 5) is 39.5. The molecule has 0 saturated carbocycles. The van der Waals surface area contributed by atoms with E-state index >= 15 is 0 Å². The normalized spacial score (nSPS) is 21.3. The Hall–Kier alpha value is -3.03.